The monoisotopic (exact) mass is 275 g/mol. The molecule has 7 heteroatoms. The minimum atomic E-state index is 0.297. The van der Waals surface area contributed by atoms with Gasteiger partial charge in [-0.05, 0) is 6.92 Å². The largest absolute Gasteiger partial charge is 0.354 e. The molecule has 2 N–H and O–H groups in total. The molecule has 1 aromatic heterocycles. The predicted molar refractivity (Wildman–Crippen MR) is 71.3 cm³/mol. The number of aromatic nitrogens is 2. The highest BCUT2D eigenvalue weighted by Gasteiger charge is 2.18. The summed E-state index contributed by atoms with van der Waals surface area (Å²) in [5, 5.41) is 7.05. The Labute approximate surface area is 111 Å². The highest BCUT2D eigenvalue weighted by Crippen LogP contribution is 2.30. The molecule has 0 radical (unpaired) electrons. The van der Waals surface area contributed by atoms with Gasteiger partial charge >= 0.3 is 0 Å². The van der Waals surface area contributed by atoms with E-state index in [1.807, 2.05) is 6.92 Å². The molecule has 0 saturated carbocycles. The van der Waals surface area contributed by atoms with E-state index in [0.717, 1.165) is 32.7 Å². The van der Waals surface area contributed by atoms with Gasteiger partial charge in [-0.15, -0.1) is 0 Å². The number of hydrogen-bond acceptors (Lipinski definition) is 5. The average molecular weight is 276 g/mol. The molecule has 94 valence electrons. The van der Waals surface area contributed by atoms with Crippen molar-refractivity contribution in [2.45, 2.75) is 6.92 Å². The Kier molecular flexibility index (Phi) is 4.25. The second-order valence-electron chi connectivity index (χ2n) is 3.74. The number of halogens is 2. The topological polar surface area (TPSA) is 53.1 Å². The Balaban J connectivity index is 2.29. The number of rotatable bonds is 3. The molecular weight excluding hydrogens is 261 g/mol. The summed E-state index contributed by atoms with van der Waals surface area (Å²) in [4.78, 5) is 10.6. The molecule has 2 rings (SSSR count). The van der Waals surface area contributed by atoms with Crippen molar-refractivity contribution in [1.29, 1.82) is 0 Å². The SMILES string of the molecule is CCNc1nc(Cl)c(Cl)c(N2CCNCC2)n1. The fourth-order valence-corrected chi connectivity index (χ4v) is 2.10. The van der Waals surface area contributed by atoms with Crippen molar-refractivity contribution in [3.8, 4) is 0 Å². The fraction of sp³-hybridized carbons (Fsp3) is 0.600. The third kappa shape index (κ3) is 2.91. The summed E-state index contributed by atoms with van der Waals surface area (Å²) >= 11 is 12.2. The van der Waals surface area contributed by atoms with Crippen molar-refractivity contribution in [2.75, 3.05) is 42.9 Å². The van der Waals surface area contributed by atoms with E-state index in [1.165, 1.54) is 0 Å². The van der Waals surface area contributed by atoms with E-state index in [9.17, 15) is 0 Å². The summed E-state index contributed by atoms with van der Waals surface area (Å²) in [6.07, 6.45) is 0. The van der Waals surface area contributed by atoms with Crippen LogP contribution in [0.15, 0.2) is 0 Å². The minimum absolute atomic E-state index is 0.297. The van der Waals surface area contributed by atoms with Crippen LogP contribution in [0.4, 0.5) is 11.8 Å². The number of hydrogen-bond donors (Lipinski definition) is 2. The zero-order valence-electron chi connectivity index (χ0n) is 9.63. The van der Waals surface area contributed by atoms with Crippen molar-refractivity contribution in [1.82, 2.24) is 15.3 Å². The molecule has 1 aliphatic heterocycles. The summed E-state index contributed by atoms with van der Waals surface area (Å²) < 4.78 is 0. The lowest BCUT2D eigenvalue weighted by atomic mass is 10.3. The van der Waals surface area contributed by atoms with Crippen molar-refractivity contribution in [3.63, 3.8) is 0 Å². The highest BCUT2D eigenvalue weighted by molar-refractivity contribution is 6.42. The summed E-state index contributed by atoms with van der Waals surface area (Å²) in [7, 11) is 0. The van der Waals surface area contributed by atoms with E-state index in [-0.39, 0.29) is 0 Å². The second kappa shape index (κ2) is 5.71. The molecule has 17 heavy (non-hydrogen) atoms. The van der Waals surface area contributed by atoms with Gasteiger partial charge in [0.25, 0.3) is 0 Å². The molecule has 1 aromatic rings. The summed E-state index contributed by atoms with van der Waals surface area (Å²) in [6.45, 7) is 6.33. The lowest BCUT2D eigenvalue weighted by molar-refractivity contribution is 0.585. The van der Waals surface area contributed by atoms with Gasteiger partial charge in [0, 0.05) is 32.7 Å². The van der Waals surface area contributed by atoms with Crippen LogP contribution in [0.3, 0.4) is 0 Å². The van der Waals surface area contributed by atoms with Gasteiger partial charge in [-0.3, -0.25) is 0 Å². The Morgan fingerprint density at radius 1 is 1.29 bits per heavy atom. The van der Waals surface area contributed by atoms with Crippen LogP contribution >= 0.6 is 23.2 Å². The lowest BCUT2D eigenvalue weighted by Gasteiger charge is -2.29. The number of anilines is 2. The van der Waals surface area contributed by atoms with E-state index >= 15 is 0 Å². The molecule has 0 aromatic carbocycles. The smallest absolute Gasteiger partial charge is 0.226 e. The third-order valence-corrected chi connectivity index (χ3v) is 3.26. The van der Waals surface area contributed by atoms with Gasteiger partial charge in [-0.1, -0.05) is 23.2 Å². The molecule has 2 heterocycles. The van der Waals surface area contributed by atoms with Crippen molar-refractivity contribution in [2.24, 2.45) is 0 Å². The van der Waals surface area contributed by atoms with Gasteiger partial charge in [-0.25, -0.2) is 0 Å². The Morgan fingerprint density at radius 3 is 2.65 bits per heavy atom. The first-order valence-corrected chi connectivity index (χ1v) is 6.40. The van der Waals surface area contributed by atoms with Crippen LogP contribution in [-0.2, 0) is 0 Å². The first kappa shape index (κ1) is 12.7. The lowest BCUT2D eigenvalue weighted by Crippen LogP contribution is -2.44. The van der Waals surface area contributed by atoms with Crippen molar-refractivity contribution in [3.05, 3.63) is 10.2 Å². The molecule has 1 fully saturated rings. The molecular formula is C10H15Cl2N5. The third-order valence-electron chi connectivity index (χ3n) is 2.54. The first-order chi connectivity index (χ1) is 8.22. The number of nitrogens with one attached hydrogen (secondary N) is 2. The number of piperazine rings is 1. The van der Waals surface area contributed by atoms with E-state index in [2.05, 4.69) is 25.5 Å². The molecule has 5 nitrogen and oxygen atoms in total. The molecule has 0 bridgehead atoms. The molecule has 0 spiro atoms. The van der Waals surface area contributed by atoms with Gasteiger partial charge in [0.05, 0.1) is 0 Å². The molecule has 0 unspecified atom stereocenters. The van der Waals surface area contributed by atoms with Crippen LogP contribution < -0.4 is 15.5 Å². The van der Waals surface area contributed by atoms with Crippen LogP contribution in [-0.4, -0.2) is 42.7 Å². The van der Waals surface area contributed by atoms with Crippen LogP contribution in [0.25, 0.3) is 0 Å². The van der Waals surface area contributed by atoms with Gasteiger partial charge < -0.3 is 15.5 Å². The standard InChI is InChI=1S/C10H15Cl2N5/c1-2-14-10-15-8(12)7(11)9(16-10)17-5-3-13-4-6-17/h13H,2-6H2,1H3,(H,14,15,16). The van der Waals surface area contributed by atoms with E-state index in [0.29, 0.717) is 21.9 Å². The zero-order valence-corrected chi connectivity index (χ0v) is 11.1. The Morgan fingerprint density at radius 2 is 2.00 bits per heavy atom. The fourth-order valence-electron chi connectivity index (χ4n) is 1.73. The van der Waals surface area contributed by atoms with Crippen LogP contribution in [0, 0.1) is 0 Å². The quantitative estimate of drug-likeness (QED) is 0.822. The summed E-state index contributed by atoms with van der Waals surface area (Å²) in [5.74, 6) is 1.24. The van der Waals surface area contributed by atoms with Gasteiger partial charge in [0.1, 0.15) is 5.02 Å². The maximum atomic E-state index is 6.15. The van der Waals surface area contributed by atoms with Crippen LogP contribution in [0.2, 0.25) is 10.2 Å². The van der Waals surface area contributed by atoms with E-state index < -0.39 is 0 Å². The maximum absolute atomic E-state index is 6.15. The van der Waals surface area contributed by atoms with Gasteiger partial charge in [0.2, 0.25) is 5.95 Å². The maximum Gasteiger partial charge on any atom is 0.226 e. The molecule has 0 amide bonds. The Hall–Kier alpha value is -0.780. The van der Waals surface area contributed by atoms with Gasteiger partial charge in [-0.2, -0.15) is 9.97 Å². The molecule has 1 saturated heterocycles. The highest BCUT2D eigenvalue weighted by atomic mass is 35.5. The first-order valence-electron chi connectivity index (χ1n) is 5.65. The van der Waals surface area contributed by atoms with E-state index in [4.69, 9.17) is 23.2 Å². The average Bonchev–Trinajstić information content (AvgIpc) is 2.35. The van der Waals surface area contributed by atoms with Crippen LogP contribution in [0.1, 0.15) is 6.92 Å². The number of nitrogens with zero attached hydrogens (tertiary/aromatic N) is 3. The minimum Gasteiger partial charge on any atom is -0.354 e. The normalized spacial score (nSPS) is 16.1. The van der Waals surface area contributed by atoms with Crippen molar-refractivity contribution >= 4 is 35.0 Å². The molecule has 0 aliphatic carbocycles. The summed E-state index contributed by atoms with van der Waals surface area (Å²) in [5.41, 5.74) is 0. The van der Waals surface area contributed by atoms with E-state index in [1.54, 1.807) is 0 Å². The Bertz CT molecular complexity index is 393. The van der Waals surface area contributed by atoms with Crippen LogP contribution in [0.5, 0.6) is 0 Å². The summed E-state index contributed by atoms with van der Waals surface area (Å²) in [6, 6.07) is 0. The molecule has 0 atom stereocenters. The predicted octanol–water partition coefficient (Wildman–Crippen LogP) is 1.62. The zero-order chi connectivity index (χ0) is 12.3. The molecule has 1 aliphatic rings. The second-order valence-corrected chi connectivity index (χ2v) is 4.48. The van der Waals surface area contributed by atoms with Gasteiger partial charge in [0.15, 0.2) is 11.0 Å². The van der Waals surface area contributed by atoms with Crippen molar-refractivity contribution < 1.29 is 0 Å².